The maximum Gasteiger partial charge on any atom is 0.350 e. The van der Waals surface area contributed by atoms with Gasteiger partial charge in [0.2, 0.25) is 0 Å². The Kier molecular flexibility index (Phi) is 4.05. The number of cyclic esters (lactones) is 2. The van der Waals surface area contributed by atoms with E-state index in [0.29, 0.717) is 0 Å². The summed E-state index contributed by atoms with van der Waals surface area (Å²) in [7, 11) is -4.48. The highest BCUT2D eigenvalue weighted by Crippen LogP contribution is 2.27. The molecule has 10 heteroatoms. The molecule has 1 aromatic carbocycles. The lowest BCUT2D eigenvalue weighted by Gasteiger charge is -2.29. The van der Waals surface area contributed by atoms with Crippen molar-refractivity contribution in [3.8, 4) is 5.75 Å². The predicted molar refractivity (Wildman–Crippen MR) is 75.9 cm³/mol. The highest BCUT2D eigenvalue weighted by molar-refractivity contribution is 7.85. The maximum atomic E-state index is 11.7. The molecule has 124 valence electrons. The average molecular weight is 343 g/mol. The molecular formula is C13H13NO8S. The number of nitrogens with one attached hydrogen (secondary N) is 1. The molecule has 1 saturated heterocycles. The number of phenols is 1. The summed E-state index contributed by atoms with van der Waals surface area (Å²) in [6.45, 7) is 2.77. The molecule has 1 aliphatic heterocycles. The van der Waals surface area contributed by atoms with E-state index in [4.69, 9.17) is 14.0 Å². The highest BCUT2D eigenvalue weighted by atomic mass is 32.2. The number of anilines is 1. The molecule has 0 saturated carbocycles. The fourth-order valence-corrected chi connectivity index (χ4v) is 2.23. The van der Waals surface area contributed by atoms with Gasteiger partial charge in [0.25, 0.3) is 15.9 Å². The van der Waals surface area contributed by atoms with Crippen LogP contribution in [0, 0.1) is 0 Å². The number of hydrogen-bond acceptors (Lipinski definition) is 8. The number of benzene rings is 1. The van der Waals surface area contributed by atoms with Gasteiger partial charge in [0.15, 0.2) is 5.57 Å². The van der Waals surface area contributed by atoms with E-state index in [2.05, 4.69) is 5.32 Å². The molecule has 0 aliphatic carbocycles. The molecule has 0 unspecified atom stereocenters. The topological polar surface area (TPSA) is 139 Å². The van der Waals surface area contributed by atoms with Gasteiger partial charge >= 0.3 is 11.9 Å². The second-order valence-corrected chi connectivity index (χ2v) is 6.46. The van der Waals surface area contributed by atoms with Crippen LogP contribution in [0.25, 0.3) is 0 Å². The monoisotopic (exact) mass is 343 g/mol. The highest BCUT2D eigenvalue weighted by Gasteiger charge is 2.39. The van der Waals surface area contributed by atoms with Gasteiger partial charge in [-0.2, -0.15) is 8.42 Å². The normalized spacial score (nSPS) is 17.3. The molecule has 1 fully saturated rings. The van der Waals surface area contributed by atoms with Crippen molar-refractivity contribution in [1.29, 1.82) is 0 Å². The van der Waals surface area contributed by atoms with Crippen molar-refractivity contribution in [2.75, 3.05) is 5.32 Å². The molecule has 23 heavy (non-hydrogen) atoms. The molecule has 0 atom stereocenters. The fraction of sp³-hybridized carbons (Fsp3) is 0.231. The molecule has 1 heterocycles. The molecule has 0 radical (unpaired) electrons. The van der Waals surface area contributed by atoms with Crippen LogP contribution in [0.15, 0.2) is 34.9 Å². The lowest BCUT2D eigenvalue weighted by molar-refractivity contribution is -0.222. The number of esters is 2. The fourth-order valence-electron chi connectivity index (χ4n) is 1.72. The molecular weight excluding hydrogens is 330 g/mol. The van der Waals surface area contributed by atoms with Crippen LogP contribution in [0.1, 0.15) is 13.8 Å². The minimum Gasteiger partial charge on any atom is -0.506 e. The van der Waals surface area contributed by atoms with Gasteiger partial charge in [0.1, 0.15) is 5.75 Å². The van der Waals surface area contributed by atoms with Crippen molar-refractivity contribution in [2.24, 2.45) is 0 Å². The van der Waals surface area contributed by atoms with E-state index in [1.165, 1.54) is 13.8 Å². The zero-order valence-electron chi connectivity index (χ0n) is 12.1. The third-order valence-electron chi connectivity index (χ3n) is 2.75. The van der Waals surface area contributed by atoms with Gasteiger partial charge < -0.3 is 19.9 Å². The van der Waals surface area contributed by atoms with Gasteiger partial charge in [-0.3, -0.25) is 4.55 Å². The van der Waals surface area contributed by atoms with E-state index in [-0.39, 0.29) is 11.4 Å². The summed E-state index contributed by atoms with van der Waals surface area (Å²) in [5.74, 6) is -3.64. The van der Waals surface area contributed by atoms with Crippen molar-refractivity contribution in [3.63, 3.8) is 0 Å². The van der Waals surface area contributed by atoms with Crippen molar-refractivity contribution in [2.45, 2.75) is 24.5 Å². The molecule has 3 N–H and O–H groups in total. The number of rotatable bonds is 3. The van der Waals surface area contributed by atoms with E-state index >= 15 is 0 Å². The molecule has 0 spiro atoms. The Morgan fingerprint density at radius 1 is 1.17 bits per heavy atom. The van der Waals surface area contributed by atoms with E-state index in [1.807, 2.05) is 0 Å². The third kappa shape index (κ3) is 3.79. The third-order valence-corrected chi connectivity index (χ3v) is 3.60. The first-order valence-corrected chi connectivity index (χ1v) is 7.67. The largest absolute Gasteiger partial charge is 0.506 e. The number of aromatic hydroxyl groups is 1. The smallest absolute Gasteiger partial charge is 0.350 e. The summed E-state index contributed by atoms with van der Waals surface area (Å²) in [5, 5.41) is 12.0. The van der Waals surface area contributed by atoms with Crippen LogP contribution in [0.2, 0.25) is 0 Å². The van der Waals surface area contributed by atoms with Crippen LogP contribution < -0.4 is 5.32 Å². The lowest BCUT2D eigenvalue weighted by atomic mass is 10.2. The SMILES string of the molecule is CC1(C)OC(=O)C(=CNc2cc(S(=O)(=O)O)ccc2O)C(=O)O1. The van der Waals surface area contributed by atoms with Crippen molar-refractivity contribution in [1.82, 2.24) is 0 Å². The van der Waals surface area contributed by atoms with E-state index in [1.54, 1.807) is 0 Å². The van der Waals surface area contributed by atoms with Crippen LogP contribution in [0.4, 0.5) is 5.69 Å². The zero-order valence-corrected chi connectivity index (χ0v) is 12.9. The Hall–Kier alpha value is -2.59. The summed E-state index contributed by atoms with van der Waals surface area (Å²) < 4.78 is 40.8. The zero-order chi connectivity index (χ0) is 17.4. The van der Waals surface area contributed by atoms with Gasteiger partial charge in [0, 0.05) is 20.0 Å². The number of hydrogen-bond donors (Lipinski definition) is 3. The molecule has 0 aromatic heterocycles. The second-order valence-electron chi connectivity index (χ2n) is 5.04. The van der Waals surface area contributed by atoms with E-state index < -0.39 is 38.3 Å². The van der Waals surface area contributed by atoms with Crippen LogP contribution in [-0.2, 0) is 29.2 Å². The van der Waals surface area contributed by atoms with Crippen molar-refractivity contribution >= 4 is 27.7 Å². The van der Waals surface area contributed by atoms with Crippen LogP contribution in [0.5, 0.6) is 5.75 Å². The summed E-state index contributed by atoms with van der Waals surface area (Å²) in [6, 6.07) is 2.92. The van der Waals surface area contributed by atoms with E-state index in [0.717, 1.165) is 24.4 Å². The van der Waals surface area contributed by atoms with Gasteiger partial charge in [0.05, 0.1) is 10.6 Å². The standard InChI is InChI=1S/C13H13NO8S/c1-13(2)21-11(16)8(12(17)22-13)6-14-9-5-7(23(18,19)20)3-4-10(9)15/h3-6,14-15H,1-2H3,(H,18,19,20). The molecule has 2 rings (SSSR count). The summed E-state index contributed by atoms with van der Waals surface area (Å²) in [6.07, 6.45) is 0.905. The minimum absolute atomic E-state index is 0.155. The number of phenolic OH excluding ortho intramolecular Hbond substituents is 1. The number of carbonyl (C=O) groups is 2. The Balaban J connectivity index is 2.30. The van der Waals surface area contributed by atoms with Gasteiger partial charge in [-0.25, -0.2) is 9.59 Å². The molecule has 1 aliphatic rings. The Labute approximate surface area is 131 Å². The second kappa shape index (κ2) is 5.56. The number of carbonyl (C=O) groups excluding carboxylic acids is 2. The number of ether oxygens (including phenoxy) is 2. The lowest BCUT2D eigenvalue weighted by Crippen LogP contribution is -2.42. The average Bonchev–Trinajstić information content (AvgIpc) is 2.36. The minimum atomic E-state index is -4.48. The van der Waals surface area contributed by atoms with Crippen LogP contribution in [0.3, 0.4) is 0 Å². The Morgan fingerprint density at radius 2 is 1.74 bits per heavy atom. The molecule has 0 amide bonds. The first-order valence-electron chi connectivity index (χ1n) is 6.23. The van der Waals surface area contributed by atoms with Crippen molar-refractivity contribution in [3.05, 3.63) is 30.0 Å². The first kappa shape index (κ1) is 16.8. The molecule has 1 aromatic rings. The maximum absolute atomic E-state index is 11.7. The van der Waals surface area contributed by atoms with Gasteiger partial charge in [-0.15, -0.1) is 0 Å². The Morgan fingerprint density at radius 3 is 2.26 bits per heavy atom. The Bertz CT molecular complexity index is 787. The molecule has 0 bridgehead atoms. The van der Waals surface area contributed by atoms with Gasteiger partial charge in [-0.1, -0.05) is 0 Å². The summed E-state index contributed by atoms with van der Waals surface area (Å²) in [5.41, 5.74) is -0.626. The quantitative estimate of drug-likeness (QED) is 0.239. The van der Waals surface area contributed by atoms with Crippen LogP contribution >= 0.6 is 0 Å². The predicted octanol–water partition coefficient (Wildman–Crippen LogP) is 0.771. The first-order chi connectivity index (χ1) is 10.5. The van der Waals surface area contributed by atoms with E-state index in [9.17, 15) is 23.1 Å². The summed E-state index contributed by atoms with van der Waals surface area (Å²) >= 11 is 0. The van der Waals surface area contributed by atoms with Crippen molar-refractivity contribution < 1.29 is 37.1 Å². The van der Waals surface area contributed by atoms with Crippen LogP contribution in [-0.4, -0.2) is 35.8 Å². The molecule has 9 nitrogen and oxygen atoms in total. The summed E-state index contributed by atoms with van der Waals surface area (Å²) in [4.78, 5) is 23.0. The van der Waals surface area contributed by atoms with Gasteiger partial charge in [-0.05, 0) is 18.2 Å².